The Morgan fingerprint density at radius 2 is 2.00 bits per heavy atom. The van der Waals surface area contributed by atoms with Crippen LogP contribution in [0.5, 0.6) is 0 Å². The monoisotopic (exact) mass is 469 g/mol. The standard InChI is InChI=1S/C27H27N5O3/c1-31-12-10-25(30-31)26(33)29-24-8-3-2-7-22(24)27(34)32-13-14-35-18-19(17-32)15-21-6-4-5-20-9-11-28-16-23(20)21/h2-12,16,19H,13-15,17-18H2,1H3,(H,29,33)/t19-/m1/s1. The predicted octanol–water partition coefficient (Wildman–Crippen LogP) is 3.55. The number of ether oxygens (including phenoxy) is 1. The molecule has 8 nitrogen and oxygen atoms in total. The van der Waals surface area contributed by atoms with Crippen LogP contribution in [-0.2, 0) is 18.2 Å². The Hall–Kier alpha value is -4.04. The highest BCUT2D eigenvalue weighted by Crippen LogP contribution is 2.24. The zero-order valence-electron chi connectivity index (χ0n) is 19.6. The Morgan fingerprint density at radius 3 is 2.86 bits per heavy atom. The molecule has 2 aromatic carbocycles. The van der Waals surface area contributed by atoms with Crippen LogP contribution in [0.25, 0.3) is 10.8 Å². The average molecular weight is 470 g/mol. The number of aromatic nitrogens is 3. The highest BCUT2D eigenvalue weighted by Gasteiger charge is 2.26. The van der Waals surface area contributed by atoms with Gasteiger partial charge in [-0.1, -0.05) is 30.3 Å². The van der Waals surface area contributed by atoms with E-state index in [9.17, 15) is 9.59 Å². The molecule has 35 heavy (non-hydrogen) atoms. The van der Waals surface area contributed by atoms with Gasteiger partial charge in [-0.15, -0.1) is 0 Å². The van der Waals surface area contributed by atoms with E-state index in [4.69, 9.17) is 4.74 Å². The van der Waals surface area contributed by atoms with E-state index in [1.165, 1.54) is 5.56 Å². The van der Waals surface area contributed by atoms with Crippen LogP contribution in [0, 0.1) is 5.92 Å². The van der Waals surface area contributed by atoms with Crippen LogP contribution in [0.4, 0.5) is 5.69 Å². The fourth-order valence-electron chi connectivity index (χ4n) is 4.53. The Kier molecular flexibility index (Phi) is 6.54. The van der Waals surface area contributed by atoms with Crippen molar-refractivity contribution in [2.75, 3.05) is 31.6 Å². The third-order valence-corrected chi connectivity index (χ3v) is 6.26. The molecule has 178 valence electrons. The molecule has 1 aliphatic heterocycles. The van der Waals surface area contributed by atoms with Crippen molar-refractivity contribution in [3.05, 3.63) is 90.0 Å². The molecule has 0 saturated carbocycles. The maximum absolute atomic E-state index is 13.6. The summed E-state index contributed by atoms with van der Waals surface area (Å²) in [6.45, 7) is 2.12. The van der Waals surface area contributed by atoms with E-state index in [-0.39, 0.29) is 17.7 Å². The molecule has 1 N–H and O–H groups in total. The topological polar surface area (TPSA) is 89.4 Å². The molecule has 1 fully saturated rings. The van der Waals surface area contributed by atoms with Crippen LogP contribution >= 0.6 is 0 Å². The van der Waals surface area contributed by atoms with Crippen LogP contribution in [0.2, 0.25) is 0 Å². The number of benzene rings is 2. The van der Waals surface area contributed by atoms with Crippen LogP contribution in [0.3, 0.4) is 0 Å². The first kappa shape index (κ1) is 22.7. The Morgan fingerprint density at radius 1 is 1.11 bits per heavy atom. The molecule has 1 aliphatic rings. The van der Waals surface area contributed by atoms with Gasteiger partial charge in [0.1, 0.15) is 0 Å². The van der Waals surface area contributed by atoms with E-state index < -0.39 is 0 Å². The van der Waals surface area contributed by atoms with Gasteiger partial charge in [0, 0.05) is 50.0 Å². The number of rotatable bonds is 5. The van der Waals surface area contributed by atoms with Gasteiger partial charge in [0.25, 0.3) is 11.8 Å². The van der Waals surface area contributed by atoms with E-state index in [1.807, 2.05) is 17.2 Å². The second kappa shape index (κ2) is 10.1. The lowest BCUT2D eigenvalue weighted by molar-refractivity contribution is 0.0738. The molecule has 2 amide bonds. The number of pyridine rings is 1. The highest BCUT2D eigenvalue weighted by atomic mass is 16.5. The number of para-hydroxylation sites is 1. The summed E-state index contributed by atoms with van der Waals surface area (Å²) in [7, 11) is 1.75. The minimum atomic E-state index is -0.354. The number of anilines is 1. The van der Waals surface area contributed by atoms with E-state index >= 15 is 0 Å². The van der Waals surface area contributed by atoms with Gasteiger partial charge in [-0.2, -0.15) is 5.10 Å². The number of hydrogen-bond donors (Lipinski definition) is 1. The summed E-state index contributed by atoms with van der Waals surface area (Å²) < 4.78 is 7.44. The minimum absolute atomic E-state index is 0.128. The van der Waals surface area contributed by atoms with Crippen LogP contribution in [0.15, 0.2) is 73.2 Å². The van der Waals surface area contributed by atoms with Crippen molar-refractivity contribution in [2.45, 2.75) is 6.42 Å². The largest absolute Gasteiger partial charge is 0.379 e. The quantitative estimate of drug-likeness (QED) is 0.483. The lowest BCUT2D eigenvalue weighted by Gasteiger charge is -2.25. The van der Waals surface area contributed by atoms with Gasteiger partial charge < -0.3 is 15.0 Å². The van der Waals surface area contributed by atoms with Crippen molar-refractivity contribution in [3.8, 4) is 0 Å². The first-order valence-corrected chi connectivity index (χ1v) is 11.7. The summed E-state index contributed by atoms with van der Waals surface area (Å²) in [5.74, 6) is -0.341. The summed E-state index contributed by atoms with van der Waals surface area (Å²) in [4.78, 5) is 32.4. The van der Waals surface area contributed by atoms with Crippen molar-refractivity contribution in [1.82, 2.24) is 19.7 Å². The van der Waals surface area contributed by atoms with Crippen molar-refractivity contribution >= 4 is 28.3 Å². The molecule has 0 bridgehead atoms. The summed E-state index contributed by atoms with van der Waals surface area (Å²) >= 11 is 0. The summed E-state index contributed by atoms with van der Waals surface area (Å²) in [5, 5.41) is 9.26. The third-order valence-electron chi connectivity index (χ3n) is 6.26. The molecule has 0 aliphatic carbocycles. The molecule has 4 aromatic rings. The lowest BCUT2D eigenvalue weighted by Crippen LogP contribution is -2.37. The molecule has 0 spiro atoms. The number of fused-ring (bicyclic) bond motifs is 1. The van der Waals surface area contributed by atoms with Crippen molar-refractivity contribution in [3.63, 3.8) is 0 Å². The lowest BCUT2D eigenvalue weighted by atomic mass is 9.95. The summed E-state index contributed by atoms with van der Waals surface area (Å²) in [5.41, 5.74) is 2.41. The van der Waals surface area contributed by atoms with E-state index in [0.717, 1.165) is 17.2 Å². The van der Waals surface area contributed by atoms with Gasteiger partial charge in [0.15, 0.2) is 5.69 Å². The second-order valence-corrected chi connectivity index (χ2v) is 8.78. The van der Waals surface area contributed by atoms with E-state index in [2.05, 4.69) is 33.6 Å². The number of carbonyl (C=O) groups excluding carboxylic acids is 2. The van der Waals surface area contributed by atoms with Gasteiger partial charge in [-0.05, 0) is 41.6 Å². The zero-order valence-corrected chi connectivity index (χ0v) is 19.6. The van der Waals surface area contributed by atoms with Gasteiger partial charge in [-0.3, -0.25) is 19.3 Å². The number of nitrogens with zero attached hydrogens (tertiary/aromatic N) is 4. The molecule has 1 saturated heterocycles. The number of aryl methyl sites for hydroxylation is 1. The first-order chi connectivity index (χ1) is 17.1. The molecule has 3 heterocycles. The summed E-state index contributed by atoms with van der Waals surface area (Å²) in [6, 6.07) is 17.0. The van der Waals surface area contributed by atoms with Crippen LogP contribution in [-0.4, -0.2) is 57.8 Å². The molecule has 0 radical (unpaired) electrons. The smallest absolute Gasteiger partial charge is 0.276 e. The molecule has 0 unspecified atom stereocenters. The number of carbonyl (C=O) groups is 2. The fourth-order valence-corrected chi connectivity index (χ4v) is 4.53. The SMILES string of the molecule is Cn1ccc(C(=O)Nc2ccccc2C(=O)N2CCOC[C@H](Cc3cccc4ccncc34)C2)n1. The molecule has 5 rings (SSSR count). The van der Waals surface area contributed by atoms with Gasteiger partial charge in [0.2, 0.25) is 0 Å². The Bertz CT molecular complexity index is 1360. The van der Waals surface area contributed by atoms with E-state index in [1.54, 1.807) is 54.5 Å². The molecular weight excluding hydrogens is 442 g/mol. The minimum Gasteiger partial charge on any atom is -0.379 e. The fraction of sp³-hybridized carbons (Fsp3) is 0.259. The maximum Gasteiger partial charge on any atom is 0.276 e. The van der Waals surface area contributed by atoms with Crippen molar-refractivity contribution in [1.29, 1.82) is 0 Å². The predicted molar refractivity (Wildman–Crippen MR) is 133 cm³/mol. The molecular formula is C27H27N5O3. The van der Waals surface area contributed by atoms with Crippen molar-refractivity contribution < 1.29 is 14.3 Å². The molecule has 1 atom stereocenters. The second-order valence-electron chi connectivity index (χ2n) is 8.78. The Balaban J connectivity index is 1.34. The number of nitrogens with one attached hydrogen (secondary N) is 1. The molecule has 8 heteroatoms. The van der Waals surface area contributed by atoms with E-state index in [0.29, 0.717) is 43.2 Å². The Labute approximate surface area is 203 Å². The molecule has 2 aromatic heterocycles. The zero-order chi connectivity index (χ0) is 24.2. The van der Waals surface area contributed by atoms with Gasteiger partial charge in [0.05, 0.1) is 24.5 Å². The highest BCUT2D eigenvalue weighted by molar-refractivity contribution is 6.08. The van der Waals surface area contributed by atoms with Gasteiger partial charge >= 0.3 is 0 Å². The number of hydrogen-bond acceptors (Lipinski definition) is 5. The normalized spacial score (nSPS) is 16.1. The number of amides is 2. The van der Waals surface area contributed by atoms with Crippen LogP contribution < -0.4 is 5.32 Å². The first-order valence-electron chi connectivity index (χ1n) is 11.7. The van der Waals surface area contributed by atoms with Crippen molar-refractivity contribution in [2.24, 2.45) is 13.0 Å². The maximum atomic E-state index is 13.6. The van der Waals surface area contributed by atoms with Crippen LogP contribution in [0.1, 0.15) is 26.4 Å². The third kappa shape index (κ3) is 5.07. The summed E-state index contributed by atoms with van der Waals surface area (Å²) in [6.07, 6.45) is 6.18. The average Bonchev–Trinajstić information content (AvgIpc) is 3.18. The van der Waals surface area contributed by atoms with Gasteiger partial charge in [-0.25, -0.2) is 0 Å².